The first kappa shape index (κ1) is 14.8. The van der Waals surface area contributed by atoms with Crippen LogP contribution in [0.15, 0.2) is 18.2 Å². The van der Waals surface area contributed by atoms with E-state index in [4.69, 9.17) is 5.73 Å². The van der Waals surface area contributed by atoms with Crippen molar-refractivity contribution in [2.75, 3.05) is 0 Å². The lowest BCUT2D eigenvalue weighted by Gasteiger charge is -2.18. The Balaban J connectivity index is 2.28. The van der Waals surface area contributed by atoms with E-state index in [1.807, 2.05) is 11.7 Å². The van der Waals surface area contributed by atoms with Crippen molar-refractivity contribution in [2.24, 2.45) is 12.8 Å². The summed E-state index contributed by atoms with van der Waals surface area (Å²) in [6.07, 6.45) is 1.79. The second-order valence-electron chi connectivity index (χ2n) is 5.73. The number of rotatable bonds is 4. The summed E-state index contributed by atoms with van der Waals surface area (Å²) in [5, 5.41) is 4.50. The van der Waals surface area contributed by atoms with Gasteiger partial charge in [-0.2, -0.15) is 5.10 Å². The summed E-state index contributed by atoms with van der Waals surface area (Å²) in [5.41, 5.74) is 13.9. The lowest BCUT2D eigenvalue weighted by molar-refractivity contribution is 0.634. The molecule has 0 fully saturated rings. The van der Waals surface area contributed by atoms with Gasteiger partial charge in [-0.25, -0.2) is 0 Å². The van der Waals surface area contributed by atoms with Crippen molar-refractivity contribution in [3.05, 3.63) is 51.8 Å². The summed E-state index contributed by atoms with van der Waals surface area (Å²) >= 11 is 0. The first-order chi connectivity index (χ1) is 9.42. The van der Waals surface area contributed by atoms with Gasteiger partial charge < -0.3 is 5.73 Å². The summed E-state index contributed by atoms with van der Waals surface area (Å²) in [7, 11) is 2.00. The van der Waals surface area contributed by atoms with E-state index in [9.17, 15) is 0 Å². The van der Waals surface area contributed by atoms with Gasteiger partial charge in [0.25, 0.3) is 0 Å². The molecular formula is C17H25N3. The molecule has 20 heavy (non-hydrogen) atoms. The molecule has 0 spiro atoms. The molecule has 2 aromatic rings. The van der Waals surface area contributed by atoms with Crippen molar-refractivity contribution >= 4 is 0 Å². The number of hydrogen-bond acceptors (Lipinski definition) is 2. The van der Waals surface area contributed by atoms with Gasteiger partial charge in [0.2, 0.25) is 0 Å². The number of nitrogens with zero attached hydrogens (tertiary/aromatic N) is 2. The van der Waals surface area contributed by atoms with Crippen LogP contribution in [0.2, 0.25) is 0 Å². The SMILES string of the molecule is CCc1cc(CC(N)c2c(C)cc(C)cc2C)n(C)n1. The van der Waals surface area contributed by atoms with E-state index in [2.05, 4.69) is 51.0 Å². The normalized spacial score (nSPS) is 12.7. The average Bonchev–Trinajstić information content (AvgIpc) is 2.68. The Morgan fingerprint density at radius 2 is 1.75 bits per heavy atom. The molecule has 0 aliphatic heterocycles. The monoisotopic (exact) mass is 271 g/mol. The van der Waals surface area contributed by atoms with Gasteiger partial charge in [-0.15, -0.1) is 0 Å². The molecule has 0 radical (unpaired) electrons. The van der Waals surface area contributed by atoms with Crippen LogP contribution in [0.3, 0.4) is 0 Å². The van der Waals surface area contributed by atoms with E-state index in [-0.39, 0.29) is 6.04 Å². The molecule has 1 unspecified atom stereocenters. The lowest BCUT2D eigenvalue weighted by atomic mass is 9.92. The van der Waals surface area contributed by atoms with Crippen molar-refractivity contribution < 1.29 is 0 Å². The van der Waals surface area contributed by atoms with Crippen LogP contribution < -0.4 is 5.73 Å². The van der Waals surface area contributed by atoms with Gasteiger partial charge in [0.15, 0.2) is 0 Å². The summed E-state index contributed by atoms with van der Waals surface area (Å²) < 4.78 is 1.96. The maximum absolute atomic E-state index is 6.46. The molecule has 3 heteroatoms. The highest BCUT2D eigenvalue weighted by atomic mass is 15.3. The quantitative estimate of drug-likeness (QED) is 0.928. The standard InChI is InChI=1S/C17H25N3/c1-6-14-9-15(20(5)19-14)10-16(18)17-12(3)7-11(2)8-13(17)4/h7-9,16H,6,10,18H2,1-5H3. The Morgan fingerprint density at radius 1 is 1.15 bits per heavy atom. The van der Waals surface area contributed by atoms with Crippen LogP contribution in [0.1, 0.15) is 46.6 Å². The molecule has 2 N–H and O–H groups in total. The maximum Gasteiger partial charge on any atom is 0.0624 e. The van der Waals surface area contributed by atoms with Crippen LogP contribution in [0, 0.1) is 20.8 Å². The second-order valence-corrected chi connectivity index (χ2v) is 5.73. The molecule has 1 aromatic carbocycles. The fourth-order valence-corrected chi connectivity index (χ4v) is 3.04. The first-order valence-electron chi connectivity index (χ1n) is 7.27. The summed E-state index contributed by atoms with van der Waals surface area (Å²) in [5.74, 6) is 0. The fourth-order valence-electron chi connectivity index (χ4n) is 3.04. The zero-order valence-corrected chi connectivity index (χ0v) is 13.2. The predicted molar refractivity (Wildman–Crippen MR) is 83.9 cm³/mol. The summed E-state index contributed by atoms with van der Waals surface area (Å²) in [6.45, 7) is 8.55. The number of aromatic nitrogens is 2. The molecule has 2 rings (SSSR count). The molecule has 3 nitrogen and oxygen atoms in total. The van der Waals surface area contributed by atoms with Crippen LogP contribution in [-0.4, -0.2) is 9.78 Å². The topological polar surface area (TPSA) is 43.8 Å². The third-order valence-corrected chi connectivity index (χ3v) is 3.93. The van der Waals surface area contributed by atoms with Gasteiger partial charge in [0, 0.05) is 25.2 Å². The van der Waals surface area contributed by atoms with E-state index in [0.717, 1.165) is 18.5 Å². The van der Waals surface area contributed by atoms with Gasteiger partial charge >= 0.3 is 0 Å². The number of nitrogens with two attached hydrogens (primary N) is 1. The Kier molecular flexibility index (Phi) is 4.29. The number of aryl methyl sites for hydroxylation is 5. The molecule has 0 amide bonds. The Hall–Kier alpha value is -1.61. The highest BCUT2D eigenvalue weighted by Gasteiger charge is 2.15. The van der Waals surface area contributed by atoms with E-state index in [0.29, 0.717) is 0 Å². The minimum atomic E-state index is 0.0238. The maximum atomic E-state index is 6.46. The van der Waals surface area contributed by atoms with E-state index >= 15 is 0 Å². The van der Waals surface area contributed by atoms with Gasteiger partial charge in [-0.3, -0.25) is 4.68 Å². The molecule has 1 aromatic heterocycles. The Bertz CT molecular complexity index is 588. The smallest absolute Gasteiger partial charge is 0.0624 e. The number of hydrogen-bond donors (Lipinski definition) is 1. The molecular weight excluding hydrogens is 246 g/mol. The van der Waals surface area contributed by atoms with Crippen molar-refractivity contribution in [1.82, 2.24) is 9.78 Å². The number of benzene rings is 1. The molecule has 1 heterocycles. The van der Waals surface area contributed by atoms with Crippen LogP contribution in [0.25, 0.3) is 0 Å². The summed E-state index contributed by atoms with van der Waals surface area (Å²) in [4.78, 5) is 0. The molecule has 0 bridgehead atoms. The van der Waals surface area contributed by atoms with E-state index in [1.165, 1.54) is 27.9 Å². The second kappa shape index (κ2) is 5.80. The molecule has 0 aliphatic carbocycles. The van der Waals surface area contributed by atoms with Crippen molar-refractivity contribution in [1.29, 1.82) is 0 Å². The first-order valence-corrected chi connectivity index (χ1v) is 7.27. The van der Waals surface area contributed by atoms with Crippen LogP contribution in [0.4, 0.5) is 0 Å². The minimum Gasteiger partial charge on any atom is -0.324 e. The van der Waals surface area contributed by atoms with Crippen LogP contribution in [-0.2, 0) is 19.9 Å². The Morgan fingerprint density at radius 3 is 2.25 bits per heavy atom. The fraction of sp³-hybridized carbons (Fsp3) is 0.471. The van der Waals surface area contributed by atoms with Crippen molar-refractivity contribution in [3.8, 4) is 0 Å². The van der Waals surface area contributed by atoms with Gasteiger partial charge in [0.05, 0.1) is 5.69 Å². The third kappa shape index (κ3) is 2.93. The minimum absolute atomic E-state index is 0.0238. The Labute approximate surface area is 121 Å². The largest absolute Gasteiger partial charge is 0.324 e. The molecule has 0 saturated carbocycles. The average molecular weight is 271 g/mol. The van der Waals surface area contributed by atoms with E-state index < -0.39 is 0 Å². The van der Waals surface area contributed by atoms with Gasteiger partial charge in [0.1, 0.15) is 0 Å². The van der Waals surface area contributed by atoms with E-state index in [1.54, 1.807) is 0 Å². The molecule has 1 atom stereocenters. The van der Waals surface area contributed by atoms with Crippen molar-refractivity contribution in [3.63, 3.8) is 0 Å². The highest BCUT2D eigenvalue weighted by Crippen LogP contribution is 2.25. The highest BCUT2D eigenvalue weighted by molar-refractivity contribution is 5.40. The zero-order chi connectivity index (χ0) is 14.9. The zero-order valence-electron chi connectivity index (χ0n) is 13.2. The van der Waals surface area contributed by atoms with Crippen LogP contribution in [0.5, 0.6) is 0 Å². The lowest BCUT2D eigenvalue weighted by Crippen LogP contribution is -2.18. The molecule has 0 saturated heterocycles. The molecule has 108 valence electrons. The third-order valence-electron chi connectivity index (χ3n) is 3.93. The van der Waals surface area contributed by atoms with Gasteiger partial charge in [-0.1, -0.05) is 24.6 Å². The predicted octanol–water partition coefficient (Wildman–Crippen LogP) is 3.15. The van der Waals surface area contributed by atoms with Crippen molar-refractivity contribution in [2.45, 2.75) is 46.6 Å². The molecule has 0 aliphatic rings. The van der Waals surface area contributed by atoms with Gasteiger partial charge in [-0.05, 0) is 49.9 Å². The van der Waals surface area contributed by atoms with Crippen LogP contribution >= 0.6 is 0 Å². The summed E-state index contributed by atoms with van der Waals surface area (Å²) in [6, 6.07) is 6.61.